The van der Waals surface area contributed by atoms with Crippen molar-refractivity contribution in [2.45, 2.75) is 18.6 Å². The van der Waals surface area contributed by atoms with E-state index < -0.39 is 0 Å². The van der Waals surface area contributed by atoms with E-state index in [2.05, 4.69) is 33.9 Å². The molecule has 1 saturated heterocycles. The summed E-state index contributed by atoms with van der Waals surface area (Å²) in [4.78, 5) is 15.1. The molecule has 1 atom stereocenters. The van der Waals surface area contributed by atoms with Crippen LogP contribution in [-0.2, 0) is 0 Å². The van der Waals surface area contributed by atoms with E-state index in [0.29, 0.717) is 10.1 Å². The fraction of sp³-hybridized carbons (Fsp3) is 0.400. The van der Waals surface area contributed by atoms with Crippen molar-refractivity contribution in [3.63, 3.8) is 0 Å². The molecule has 21 heavy (non-hydrogen) atoms. The third kappa shape index (κ3) is 3.27. The number of hydrogen-bond donors (Lipinski definition) is 0. The third-order valence-electron chi connectivity index (χ3n) is 3.65. The van der Waals surface area contributed by atoms with Gasteiger partial charge in [0.05, 0.1) is 5.69 Å². The molecule has 110 valence electrons. The number of amides is 1. The predicted molar refractivity (Wildman–Crippen MR) is 86.8 cm³/mol. The normalized spacial score (nSPS) is 19.3. The first kappa shape index (κ1) is 14.5. The van der Waals surface area contributed by atoms with Crippen molar-refractivity contribution in [1.82, 2.24) is 14.5 Å². The van der Waals surface area contributed by atoms with E-state index in [1.165, 1.54) is 17.1 Å². The Balaban J connectivity index is 1.69. The first-order chi connectivity index (χ1) is 10.3. The number of rotatable bonds is 2. The summed E-state index contributed by atoms with van der Waals surface area (Å²) in [6.07, 6.45) is 0.992. The van der Waals surface area contributed by atoms with Crippen LogP contribution in [0.4, 0.5) is 0 Å². The molecule has 0 spiro atoms. The van der Waals surface area contributed by atoms with Crippen molar-refractivity contribution < 1.29 is 4.79 Å². The van der Waals surface area contributed by atoms with Crippen LogP contribution >= 0.6 is 23.3 Å². The summed E-state index contributed by atoms with van der Waals surface area (Å²) in [5, 5.41) is 4.41. The average molecular weight is 319 g/mol. The predicted octanol–water partition coefficient (Wildman–Crippen LogP) is 3.17. The number of carbonyl (C=O) groups excluding carboxylic acids is 1. The van der Waals surface area contributed by atoms with Crippen molar-refractivity contribution in [1.29, 1.82) is 0 Å². The van der Waals surface area contributed by atoms with E-state index in [1.807, 2.05) is 29.7 Å². The van der Waals surface area contributed by atoms with Gasteiger partial charge in [0, 0.05) is 24.1 Å². The number of aromatic nitrogens is 2. The molecule has 1 aliphatic rings. The Morgan fingerprint density at radius 3 is 2.81 bits per heavy atom. The van der Waals surface area contributed by atoms with E-state index in [1.54, 1.807) is 0 Å². The summed E-state index contributed by atoms with van der Waals surface area (Å²) in [5.74, 6) is 1.05. The smallest absolute Gasteiger partial charge is 0.267 e. The minimum atomic E-state index is 0.0804. The molecule has 1 aromatic carbocycles. The van der Waals surface area contributed by atoms with Crippen LogP contribution < -0.4 is 0 Å². The van der Waals surface area contributed by atoms with Gasteiger partial charge in [-0.25, -0.2) is 0 Å². The minimum Gasteiger partial charge on any atom is -0.337 e. The summed E-state index contributed by atoms with van der Waals surface area (Å²) in [5.41, 5.74) is 2.09. The monoisotopic (exact) mass is 319 g/mol. The molecule has 4 nitrogen and oxygen atoms in total. The van der Waals surface area contributed by atoms with Crippen molar-refractivity contribution in [3.05, 3.63) is 46.5 Å². The molecule has 2 heterocycles. The summed E-state index contributed by atoms with van der Waals surface area (Å²) in [6.45, 7) is 3.43. The number of thioether (sulfide) groups is 1. The fourth-order valence-corrected chi connectivity index (χ4v) is 4.34. The van der Waals surface area contributed by atoms with E-state index in [9.17, 15) is 4.79 Å². The lowest BCUT2D eigenvalue weighted by Crippen LogP contribution is -2.32. The topological polar surface area (TPSA) is 46.1 Å². The van der Waals surface area contributed by atoms with Crippen molar-refractivity contribution in [2.24, 2.45) is 0 Å². The second kappa shape index (κ2) is 6.58. The number of hydrogen-bond acceptors (Lipinski definition) is 5. The van der Waals surface area contributed by atoms with E-state index >= 15 is 0 Å². The standard InChI is InChI=1S/C15H17N3OS2/c1-11-14(21-17-16-11)15(19)18-8-7-13(20-10-9-18)12-5-3-2-4-6-12/h2-6,13H,7-10H2,1H3. The van der Waals surface area contributed by atoms with Crippen LogP contribution in [0.1, 0.15) is 32.6 Å². The Labute approximate surface area is 132 Å². The molecule has 0 aliphatic carbocycles. The Morgan fingerprint density at radius 2 is 2.10 bits per heavy atom. The molecule has 2 aromatic rings. The quantitative estimate of drug-likeness (QED) is 0.853. The van der Waals surface area contributed by atoms with Gasteiger partial charge in [0.15, 0.2) is 0 Å². The molecular weight excluding hydrogens is 302 g/mol. The maximum Gasteiger partial charge on any atom is 0.267 e. The van der Waals surface area contributed by atoms with Gasteiger partial charge in [0.1, 0.15) is 4.88 Å². The van der Waals surface area contributed by atoms with Crippen molar-refractivity contribution in [3.8, 4) is 0 Å². The van der Waals surface area contributed by atoms with Crippen LogP contribution in [0.5, 0.6) is 0 Å². The Hall–Kier alpha value is -1.40. The van der Waals surface area contributed by atoms with Gasteiger partial charge in [-0.2, -0.15) is 11.8 Å². The molecule has 0 bridgehead atoms. The Morgan fingerprint density at radius 1 is 1.29 bits per heavy atom. The molecular formula is C15H17N3OS2. The van der Waals surface area contributed by atoms with Gasteiger partial charge in [-0.1, -0.05) is 34.8 Å². The Kier molecular flexibility index (Phi) is 4.55. The zero-order chi connectivity index (χ0) is 14.7. The summed E-state index contributed by atoms with van der Waals surface area (Å²) in [7, 11) is 0. The molecule has 0 N–H and O–H groups in total. The summed E-state index contributed by atoms with van der Waals surface area (Å²) < 4.78 is 3.86. The van der Waals surface area contributed by atoms with Crippen LogP contribution in [0.3, 0.4) is 0 Å². The van der Waals surface area contributed by atoms with E-state index in [4.69, 9.17) is 0 Å². The van der Waals surface area contributed by atoms with Gasteiger partial charge in [-0.3, -0.25) is 4.79 Å². The molecule has 3 rings (SSSR count). The first-order valence-corrected chi connectivity index (χ1v) is 8.82. The number of carbonyl (C=O) groups is 1. The van der Waals surface area contributed by atoms with Crippen LogP contribution in [0, 0.1) is 6.92 Å². The second-order valence-electron chi connectivity index (χ2n) is 5.04. The molecule has 1 unspecified atom stereocenters. The number of aryl methyl sites for hydroxylation is 1. The molecule has 0 saturated carbocycles. The van der Waals surface area contributed by atoms with Gasteiger partial charge in [0.25, 0.3) is 5.91 Å². The molecule has 1 aliphatic heterocycles. The van der Waals surface area contributed by atoms with Gasteiger partial charge >= 0.3 is 0 Å². The largest absolute Gasteiger partial charge is 0.337 e. The zero-order valence-corrected chi connectivity index (χ0v) is 13.5. The first-order valence-electron chi connectivity index (χ1n) is 7.00. The SMILES string of the molecule is Cc1nnsc1C(=O)N1CCSC(c2ccccc2)CC1. The van der Waals surface area contributed by atoms with Gasteiger partial charge in [-0.05, 0) is 30.4 Å². The highest BCUT2D eigenvalue weighted by molar-refractivity contribution is 7.99. The van der Waals surface area contributed by atoms with Crippen LogP contribution in [0.25, 0.3) is 0 Å². The lowest BCUT2D eigenvalue weighted by Gasteiger charge is -2.19. The lowest BCUT2D eigenvalue weighted by molar-refractivity contribution is 0.0770. The highest BCUT2D eigenvalue weighted by Gasteiger charge is 2.25. The van der Waals surface area contributed by atoms with Crippen LogP contribution in [-0.4, -0.2) is 39.2 Å². The Bertz CT molecular complexity index is 614. The molecule has 1 fully saturated rings. The maximum absolute atomic E-state index is 12.5. The van der Waals surface area contributed by atoms with E-state index in [0.717, 1.165) is 31.0 Å². The molecule has 1 aromatic heterocycles. The molecule has 0 radical (unpaired) electrons. The van der Waals surface area contributed by atoms with Crippen LogP contribution in [0.2, 0.25) is 0 Å². The zero-order valence-electron chi connectivity index (χ0n) is 11.9. The van der Waals surface area contributed by atoms with E-state index in [-0.39, 0.29) is 5.91 Å². The van der Waals surface area contributed by atoms with Crippen LogP contribution in [0.15, 0.2) is 30.3 Å². The van der Waals surface area contributed by atoms with Gasteiger partial charge in [0.2, 0.25) is 0 Å². The minimum absolute atomic E-state index is 0.0804. The maximum atomic E-state index is 12.5. The highest BCUT2D eigenvalue weighted by Crippen LogP contribution is 2.34. The van der Waals surface area contributed by atoms with Crippen molar-refractivity contribution >= 4 is 29.2 Å². The summed E-state index contributed by atoms with van der Waals surface area (Å²) in [6, 6.07) is 10.5. The highest BCUT2D eigenvalue weighted by atomic mass is 32.2. The number of nitrogens with zero attached hydrogens (tertiary/aromatic N) is 3. The van der Waals surface area contributed by atoms with Gasteiger partial charge in [-0.15, -0.1) is 5.10 Å². The lowest BCUT2D eigenvalue weighted by atomic mass is 10.1. The second-order valence-corrected chi connectivity index (χ2v) is 7.10. The fourth-order valence-electron chi connectivity index (χ4n) is 2.48. The average Bonchev–Trinajstić information content (AvgIpc) is 2.80. The van der Waals surface area contributed by atoms with Gasteiger partial charge < -0.3 is 4.90 Å². The molecule has 6 heteroatoms. The summed E-state index contributed by atoms with van der Waals surface area (Å²) >= 11 is 3.13. The van der Waals surface area contributed by atoms with Crippen molar-refractivity contribution in [2.75, 3.05) is 18.8 Å². The third-order valence-corrected chi connectivity index (χ3v) is 5.79. The molecule has 1 amide bonds. The number of benzene rings is 1.